The first kappa shape index (κ1) is 21.9. The van der Waals surface area contributed by atoms with Gasteiger partial charge in [0.25, 0.3) is 0 Å². The van der Waals surface area contributed by atoms with Gasteiger partial charge in [0.15, 0.2) is 11.0 Å². The third-order valence-electron chi connectivity index (χ3n) is 5.04. The van der Waals surface area contributed by atoms with E-state index in [0.717, 1.165) is 24.5 Å². The van der Waals surface area contributed by atoms with Gasteiger partial charge in [-0.1, -0.05) is 42.1 Å². The summed E-state index contributed by atoms with van der Waals surface area (Å²) in [5.74, 6) is 0.698. The number of phenolic OH excluding ortho intramolecular Hbond substituents is 1. The molecule has 1 saturated heterocycles. The lowest BCUT2D eigenvalue weighted by Gasteiger charge is -2.30. The number of carbonyl (C=O) groups is 1. The maximum absolute atomic E-state index is 12.7. The molecule has 2 aromatic carbocycles. The predicted molar refractivity (Wildman–Crippen MR) is 126 cm³/mol. The van der Waals surface area contributed by atoms with E-state index in [2.05, 4.69) is 27.0 Å². The van der Waals surface area contributed by atoms with Crippen LogP contribution in [0.15, 0.2) is 66.3 Å². The van der Waals surface area contributed by atoms with Crippen LogP contribution in [0.1, 0.15) is 0 Å². The second-order valence-corrected chi connectivity index (χ2v) is 8.12. The standard InChI is InChI=1S/C23H25N5O3S/c1-2-11-28-22(17-7-3-6-10-20(17)29)25-26-23(28)32-16-21(30)24-18-8-4-5-9-19(18)27-12-14-31-15-13-27/h2-10,29H,1,11-16H2,(H,24,30). The number of anilines is 2. The molecule has 32 heavy (non-hydrogen) atoms. The number of aromatic hydroxyl groups is 1. The minimum Gasteiger partial charge on any atom is -0.507 e. The number of nitrogens with zero attached hydrogens (tertiary/aromatic N) is 4. The zero-order valence-corrected chi connectivity index (χ0v) is 18.4. The second kappa shape index (κ2) is 10.3. The Bertz CT molecular complexity index is 1090. The molecule has 0 saturated carbocycles. The highest BCUT2D eigenvalue weighted by Crippen LogP contribution is 2.31. The van der Waals surface area contributed by atoms with Crippen molar-refractivity contribution in [2.75, 3.05) is 42.3 Å². The summed E-state index contributed by atoms with van der Waals surface area (Å²) >= 11 is 1.29. The smallest absolute Gasteiger partial charge is 0.234 e. The van der Waals surface area contributed by atoms with E-state index in [1.807, 2.05) is 34.9 Å². The lowest BCUT2D eigenvalue weighted by atomic mass is 10.2. The van der Waals surface area contributed by atoms with E-state index in [4.69, 9.17) is 4.74 Å². The first-order valence-corrected chi connectivity index (χ1v) is 11.3. The molecule has 4 rings (SSSR count). The molecule has 2 heterocycles. The summed E-state index contributed by atoms with van der Waals surface area (Å²) in [5.41, 5.74) is 2.35. The van der Waals surface area contributed by atoms with Gasteiger partial charge in [-0.2, -0.15) is 0 Å². The van der Waals surface area contributed by atoms with E-state index in [9.17, 15) is 9.90 Å². The highest BCUT2D eigenvalue weighted by Gasteiger charge is 2.19. The van der Waals surface area contributed by atoms with Crippen LogP contribution in [-0.2, 0) is 16.1 Å². The number of allylic oxidation sites excluding steroid dienone is 1. The fraction of sp³-hybridized carbons (Fsp3) is 0.261. The quantitative estimate of drug-likeness (QED) is 0.401. The van der Waals surface area contributed by atoms with Gasteiger partial charge in [-0.3, -0.25) is 9.36 Å². The summed E-state index contributed by atoms with van der Waals surface area (Å²) in [7, 11) is 0. The van der Waals surface area contributed by atoms with E-state index in [1.165, 1.54) is 11.8 Å². The molecule has 0 aliphatic carbocycles. The Morgan fingerprint density at radius 1 is 1.16 bits per heavy atom. The zero-order valence-electron chi connectivity index (χ0n) is 17.6. The van der Waals surface area contributed by atoms with Crippen LogP contribution in [0.2, 0.25) is 0 Å². The van der Waals surface area contributed by atoms with Crippen LogP contribution < -0.4 is 10.2 Å². The Labute approximate surface area is 190 Å². The Balaban J connectivity index is 1.46. The van der Waals surface area contributed by atoms with Crippen molar-refractivity contribution in [1.82, 2.24) is 14.8 Å². The minimum atomic E-state index is -0.132. The number of carbonyl (C=O) groups excluding carboxylic acids is 1. The number of benzene rings is 2. The van der Waals surface area contributed by atoms with Crippen LogP contribution in [0.4, 0.5) is 11.4 Å². The number of thioether (sulfide) groups is 1. The molecule has 1 aliphatic heterocycles. The fourth-order valence-corrected chi connectivity index (χ4v) is 4.27. The predicted octanol–water partition coefficient (Wildman–Crippen LogP) is 3.40. The number of para-hydroxylation sites is 3. The van der Waals surface area contributed by atoms with Crippen LogP contribution in [0.25, 0.3) is 11.4 Å². The molecule has 0 atom stereocenters. The van der Waals surface area contributed by atoms with Crippen LogP contribution >= 0.6 is 11.8 Å². The van der Waals surface area contributed by atoms with E-state index in [-0.39, 0.29) is 17.4 Å². The van der Waals surface area contributed by atoms with Gasteiger partial charge >= 0.3 is 0 Å². The lowest BCUT2D eigenvalue weighted by molar-refractivity contribution is -0.113. The Morgan fingerprint density at radius 3 is 2.69 bits per heavy atom. The van der Waals surface area contributed by atoms with Crippen molar-refractivity contribution in [2.45, 2.75) is 11.7 Å². The van der Waals surface area contributed by atoms with Gasteiger partial charge in [-0.25, -0.2) is 0 Å². The number of hydrogen-bond donors (Lipinski definition) is 2. The van der Waals surface area contributed by atoms with Gasteiger partial charge in [-0.15, -0.1) is 16.8 Å². The lowest BCUT2D eigenvalue weighted by Crippen LogP contribution is -2.36. The van der Waals surface area contributed by atoms with Crippen molar-refractivity contribution in [3.63, 3.8) is 0 Å². The highest BCUT2D eigenvalue weighted by molar-refractivity contribution is 7.99. The van der Waals surface area contributed by atoms with Crippen LogP contribution in [0.3, 0.4) is 0 Å². The number of amides is 1. The van der Waals surface area contributed by atoms with E-state index < -0.39 is 0 Å². The molecule has 1 aromatic heterocycles. The molecule has 8 nitrogen and oxygen atoms in total. The topological polar surface area (TPSA) is 92.5 Å². The molecule has 1 fully saturated rings. The number of nitrogens with one attached hydrogen (secondary N) is 1. The number of aromatic nitrogens is 3. The summed E-state index contributed by atoms with van der Waals surface area (Å²) < 4.78 is 7.27. The first-order chi connectivity index (χ1) is 15.7. The molecule has 0 unspecified atom stereocenters. The van der Waals surface area contributed by atoms with Crippen molar-refractivity contribution in [2.24, 2.45) is 0 Å². The van der Waals surface area contributed by atoms with E-state index >= 15 is 0 Å². The van der Waals surface area contributed by atoms with Gasteiger partial charge in [-0.05, 0) is 24.3 Å². The van der Waals surface area contributed by atoms with Crippen molar-refractivity contribution in [3.05, 3.63) is 61.2 Å². The molecule has 0 bridgehead atoms. The van der Waals surface area contributed by atoms with Gasteiger partial charge in [0.05, 0.1) is 35.9 Å². The number of rotatable bonds is 8. The summed E-state index contributed by atoms with van der Waals surface area (Å²) in [6, 6.07) is 14.8. The molecule has 166 valence electrons. The molecular formula is C23H25N5O3S. The molecule has 1 aliphatic rings. The zero-order chi connectivity index (χ0) is 22.3. The minimum absolute atomic E-state index is 0.124. The van der Waals surface area contributed by atoms with Crippen molar-refractivity contribution >= 4 is 29.0 Å². The summed E-state index contributed by atoms with van der Waals surface area (Å²) in [6.45, 7) is 7.20. The Morgan fingerprint density at radius 2 is 1.91 bits per heavy atom. The van der Waals surface area contributed by atoms with Crippen LogP contribution in [0, 0.1) is 0 Å². The largest absolute Gasteiger partial charge is 0.507 e. The number of ether oxygens (including phenoxy) is 1. The van der Waals surface area contributed by atoms with Crippen LogP contribution in [-0.4, -0.2) is 57.8 Å². The fourth-order valence-electron chi connectivity index (χ4n) is 3.53. The van der Waals surface area contributed by atoms with Gasteiger partial charge < -0.3 is 20.1 Å². The van der Waals surface area contributed by atoms with E-state index in [0.29, 0.717) is 36.3 Å². The second-order valence-electron chi connectivity index (χ2n) is 7.18. The SMILES string of the molecule is C=CCn1c(SCC(=O)Nc2ccccc2N2CCOCC2)nnc1-c1ccccc1O. The summed E-state index contributed by atoms with van der Waals surface area (Å²) in [5, 5.41) is 22.3. The molecule has 3 aromatic rings. The average molecular weight is 452 g/mol. The molecule has 9 heteroatoms. The summed E-state index contributed by atoms with van der Waals surface area (Å²) in [4.78, 5) is 14.9. The number of morpholine rings is 1. The van der Waals surface area contributed by atoms with Crippen molar-refractivity contribution in [1.29, 1.82) is 0 Å². The van der Waals surface area contributed by atoms with Crippen molar-refractivity contribution in [3.8, 4) is 17.1 Å². The monoisotopic (exact) mass is 451 g/mol. The number of phenols is 1. The third-order valence-corrected chi connectivity index (χ3v) is 6.00. The van der Waals surface area contributed by atoms with Gasteiger partial charge in [0.2, 0.25) is 5.91 Å². The molecule has 2 N–H and O–H groups in total. The Kier molecular flexibility index (Phi) is 7.08. The normalized spacial score (nSPS) is 13.7. The van der Waals surface area contributed by atoms with Gasteiger partial charge in [0.1, 0.15) is 5.75 Å². The Hall–Kier alpha value is -3.30. The molecule has 1 amide bonds. The first-order valence-electron chi connectivity index (χ1n) is 10.3. The number of hydrogen-bond acceptors (Lipinski definition) is 7. The highest BCUT2D eigenvalue weighted by atomic mass is 32.2. The molecular weight excluding hydrogens is 426 g/mol. The third kappa shape index (κ3) is 4.95. The van der Waals surface area contributed by atoms with Crippen molar-refractivity contribution < 1.29 is 14.6 Å². The average Bonchev–Trinajstić information content (AvgIpc) is 3.21. The van der Waals surface area contributed by atoms with Crippen LogP contribution in [0.5, 0.6) is 5.75 Å². The van der Waals surface area contributed by atoms with Gasteiger partial charge in [0, 0.05) is 19.6 Å². The summed E-state index contributed by atoms with van der Waals surface area (Å²) in [6.07, 6.45) is 1.73. The maximum atomic E-state index is 12.7. The molecule has 0 spiro atoms. The maximum Gasteiger partial charge on any atom is 0.234 e. The molecule has 0 radical (unpaired) electrons. The van der Waals surface area contributed by atoms with E-state index in [1.54, 1.807) is 24.3 Å².